The van der Waals surface area contributed by atoms with E-state index >= 15 is 0 Å². The zero-order valence-electron chi connectivity index (χ0n) is 19.0. The van der Waals surface area contributed by atoms with Crippen molar-refractivity contribution < 1.29 is 9.53 Å². The number of amides is 1. The van der Waals surface area contributed by atoms with Crippen molar-refractivity contribution >= 4 is 36.0 Å². The largest absolute Gasteiger partial charge is 0.444 e. The number of carbonyl (C=O) groups excluding carboxylic acids is 1. The molecule has 8 heteroatoms. The highest BCUT2D eigenvalue weighted by Gasteiger charge is 2.36. The van der Waals surface area contributed by atoms with Crippen molar-refractivity contribution in [1.82, 2.24) is 20.0 Å². The summed E-state index contributed by atoms with van der Waals surface area (Å²) in [6.45, 7) is 12.9. The van der Waals surface area contributed by atoms with Gasteiger partial charge in [-0.2, -0.15) is 0 Å². The van der Waals surface area contributed by atoms with Crippen molar-refractivity contribution in [2.75, 3.05) is 45.8 Å². The molecule has 172 valence electrons. The van der Waals surface area contributed by atoms with Gasteiger partial charge in [0.15, 0.2) is 5.96 Å². The van der Waals surface area contributed by atoms with Crippen molar-refractivity contribution in [3.05, 3.63) is 35.4 Å². The number of piperazine rings is 1. The molecule has 1 saturated heterocycles. The standard InChI is InChI=1S/C23H35N5O2.HI/c1-23(2,3)30-22(29)27-13-14-28-20(17-27)15-25-21(28)24-10-6-11-26-12-9-18-7-4-5-8-19(18)16-26;/h4-5,7-8,20H,6,9-17H2,1-3H3,(H,24,25);1H. The third kappa shape index (κ3) is 6.25. The molecule has 3 aliphatic rings. The first-order valence-electron chi connectivity index (χ1n) is 11.2. The molecule has 1 atom stereocenters. The molecule has 0 spiro atoms. The van der Waals surface area contributed by atoms with Gasteiger partial charge in [0, 0.05) is 45.8 Å². The number of rotatable bonds is 4. The van der Waals surface area contributed by atoms with Crippen LogP contribution in [0.1, 0.15) is 38.3 Å². The van der Waals surface area contributed by atoms with Crippen molar-refractivity contribution in [2.24, 2.45) is 4.99 Å². The first kappa shape index (κ1) is 24.1. The second-order valence-corrected chi connectivity index (χ2v) is 9.51. The second-order valence-electron chi connectivity index (χ2n) is 9.51. The van der Waals surface area contributed by atoms with Gasteiger partial charge in [0.25, 0.3) is 0 Å². The van der Waals surface area contributed by atoms with Crippen LogP contribution in [0.15, 0.2) is 29.3 Å². The number of guanidine groups is 1. The highest BCUT2D eigenvalue weighted by atomic mass is 127. The van der Waals surface area contributed by atoms with Crippen LogP contribution in [-0.4, -0.2) is 84.2 Å². The van der Waals surface area contributed by atoms with Gasteiger partial charge in [0.1, 0.15) is 5.60 Å². The van der Waals surface area contributed by atoms with Gasteiger partial charge in [0.2, 0.25) is 0 Å². The van der Waals surface area contributed by atoms with E-state index in [1.807, 2.05) is 25.7 Å². The molecule has 4 rings (SSSR count). The fourth-order valence-electron chi connectivity index (χ4n) is 4.47. The Morgan fingerprint density at radius 3 is 2.74 bits per heavy atom. The van der Waals surface area contributed by atoms with Gasteiger partial charge in [-0.25, -0.2) is 4.79 Å². The van der Waals surface area contributed by atoms with Crippen LogP contribution < -0.4 is 5.32 Å². The highest BCUT2D eigenvalue weighted by molar-refractivity contribution is 14.0. The zero-order valence-corrected chi connectivity index (χ0v) is 21.3. The van der Waals surface area contributed by atoms with E-state index in [4.69, 9.17) is 9.73 Å². The van der Waals surface area contributed by atoms with Crippen LogP contribution in [0, 0.1) is 0 Å². The fraction of sp³-hybridized carbons (Fsp3) is 0.652. The van der Waals surface area contributed by atoms with Gasteiger partial charge in [-0.1, -0.05) is 24.3 Å². The molecule has 3 aliphatic heterocycles. The molecule has 0 radical (unpaired) electrons. The SMILES string of the molecule is CC(C)(C)OC(=O)N1CCN2C(NCCCN3CCc4ccccc4C3)=NCC2C1.I. The highest BCUT2D eigenvalue weighted by Crippen LogP contribution is 2.20. The Hall–Kier alpha value is -1.55. The minimum absolute atomic E-state index is 0. The maximum absolute atomic E-state index is 12.3. The van der Waals surface area contributed by atoms with Crippen molar-refractivity contribution in [2.45, 2.75) is 51.8 Å². The Bertz CT molecular complexity index is 794. The summed E-state index contributed by atoms with van der Waals surface area (Å²) in [6, 6.07) is 9.05. The van der Waals surface area contributed by atoms with Gasteiger partial charge in [-0.15, -0.1) is 24.0 Å². The van der Waals surface area contributed by atoms with E-state index in [1.165, 1.54) is 11.1 Å². The molecule has 0 aromatic heterocycles. The molecule has 1 N–H and O–H groups in total. The Morgan fingerprint density at radius 1 is 1.19 bits per heavy atom. The lowest BCUT2D eigenvalue weighted by Crippen LogP contribution is -2.57. The van der Waals surface area contributed by atoms with Crippen LogP contribution in [-0.2, 0) is 17.7 Å². The Kier molecular flexibility index (Phi) is 8.07. The molecule has 1 unspecified atom stereocenters. The summed E-state index contributed by atoms with van der Waals surface area (Å²) in [7, 11) is 0. The van der Waals surface area contributed by atoms with Crippen LogP contribution in [0.4, 0.5) is 4.79 Å². The minimum Gasteiger partial charge on any atom is -0.444 e. The molecule has 7 nitrogen and oxygen atoms in total. The second kappa shape index (κ2) is 10.4. The minimum atomic E-state index is -0.455. The lowest BCUT2D eigenvalue weighted by atomic mass is 10.00. The number of benzene rings is 1. The molecule has 0 bridgehead atoms. The number of nitrogens with zero attached hydrogens (tertiary/aromatic N) is 4. The normalized spacial score (nSPS) is 21.0. The predicted molar refractivity (Wildman–Crippen MR) is 134 cm³/mol. The lowest BCUT2D eigenvalue weighted by Gasteiger charge is -2.39. The molecule has 0 saturated carbocycles. The number of carbonyl (C=O) groups is 1. The molecule has 1 amide bonds. The molecule has 0 aliphatic carbocycles. The lowest BCUT2D eigenvalue weighted by molar-refractivity contribution is 0.0137. The quantitative estimate of drug-likeness (QED) is 0.470. The summed E-state index contributed by atoms with van der Waals surface area (Å²) in [5, 5.41) is 3.54. The van der Waals surface area contributed by atoms with E-state index in [1.54, 1.807) is 0 Å². The summed E-state index contributed by atoms with van der Waals surface area (Å²) < 4.78 is 5.52. The van der Waals surface area contributed by atoms with Crippen LogP contribution in [0.25, 0.3) is 0 Å². The van der Waals surface area contributed by atoms with Crippen LogP contribution in [0.2, 0.25) is 0 Å². The van der Waals surface area contributed by atoms with Crippen molar-refractivity contribution in [3.8, 4) is 0 Å². The molecular formula is C23H36IN5O2. The van der Waals surface area contributed by atoms with Crippen molar-refractivity contribution in [1.29, 1.82) is 0 Å². The van der Waals surface area contributed by atoms with Gasteiger partial charge in [-0.3, -0.25) is 9.89 Å². The molecule has 31 heavy (non-hydrogen) atoms. The average molecular weight is 541 g/mol. The van der Waals surface area contributed by atoms with E-state index in [2.05, 4.69) is 39.4 Å². The van der Waals surface area contributed by atoms with Gasteiger partial charge >= 0.3 is 6.09 Å². The summed E-state index contributed by atoms with van der Waals surface area (Å²) in [4.78, 5) is 23.7. The third-order valence-corrected chi connectivity index (χ3v) is 6.00. The topological polar surface area (TPSA) is 60.4 Å². The predicted octanol–water partition coefficient (Wildman–Crippen LogP) is 2.93. The molecule has 1 aromatic rings. The Morgan fingerprint density at radius 2 is 1.97 bits per heavy atom. The van der Waals surface area contributed by atoms with E-state index in [-0.39, 0.29) is 36.1 Å². The molecule has 1 fully saturated rings. The molecule has 3 heterocycles. The van der Waals surface area contributed by atoms with E-state index in [9.17, 15) is 4.79 Å². The van der Waals surface area contributed by atoms with Gasteiger partial charge in [-0.05, 0) is 44.7 Å². The first-order valence-corrected chi connectivity index (χ1v) is 11.2. The Labute approximate surface area is 203 Å². The van der Waals surface area contributed by atoms with Gasteiger partial charge in [0.05, 0.1) is 12.6 Å². The number of nitrogens with one attached hydrogen (secondary N) is 1. The molecule has 1 aromatic carbocycles. The average Bonchev–Trinajstić information content (AvgIpc) is 3.12. The van der Waals surface area contributed by atoms with E-state index < -0.39 is 5.60 Å². The third-order valence-electron chi connectivity index (χ3n) is 6.00. The summed E-state index contributed by atoms with van der Waals surface area (Å²) >= 11 is 0. The zero-order chi connectivity index (χ0) is 21.1. The molecular weight excluding hydrogens is 505 g/mol. The van der Waals surface area contributed by atoms with Crippen molar-refractivity contribution in [3.63, 3.8) is 0 Å². The smallest absolute Gasteiger partial charge is 0.410 e. The summed E-state index contributed by atoms with van der Waals surface area (Å²) in [5.41, 5.74) is 2.52. The number of fused-ring (bicyclic) bond motifs is 2. The number of aliphatic imine (C=N–C) groups is 1. The van der Waals surface area contributed by atoms with Crippen LogP contribution in [0.3, 0.4) is 0 Å². The number of halogens is 1. The fourth-order valence-corrected chi connectivity index (χ4v) is 4.47. The monoisotopic (exact) mass is 541 g/mol. The first-order chi connectivity index (χ1) is 14.4. The maximum Gasteiger partial charge on any atom is 0.410 e. The van der Waals surface area contributed by atoms with Gasteiger partial charge < -0.3 is 19.9 Å². The van der Waals surface area contributed by atoms with Crippen LogP contribution in [0.5, 0.6) is 0 Å². The number of ether oxygens (including phenoxy) is 1. The summed E-state index contributed by atoms with van der Waals surface area (Å²) in [6.07, 6.45) is 2.04. The van der Waals surface area contributed by atoms with E-state index in [0.29, 0.717) is 13.1 Å². The number of hydrogen-bond acceptors (Lipinski definition) is 6. The van der Waals surface area contributed by atoms with Crippen LogP contribution >= 0.6 is 24.0 Å². The Balaban J connectivity index is 0.00000272. The maximum atomic E-state index is 12.3. The van der Waals surface area contributed by atoms with E-state index in [0.717, 1.165) is 58.1 Å². The summed E-state index contributed by atoms with van der Waals surface area (Å²) in [5.74, 6) is 0.993. The number of hydrogen-bond donors (Lipinski definition) is 1.